The largest absolute Gasteiger partial charge is 0.462 e. The highest BCUT2D eigenvalue weighted by molar-refractivity contribution is 5.75. The van der Waals surface area contributed by atoms with Gasteiger partial charge in [-0.3, -0.25) is 4.79 Å². The molecular formula is C14H22O2. The lowest BCUT2D eigenvalue weighted by Gasteiger charge is -2.43. The van der Waals surface area contributed by atoms with Crippen molar-refractivity contribution in [2.24, 2.45) is 29.6 Å². The Kier molecular flexibility index (Phi) is 2.49. The summed E-state index contributed by atoms with van der Waals surface area (Å²) in [5.74, 6) is 3.35. The maximum Gasteiger partial charge on any atom is 0.309 e. The fourth-order valence-corrected chi connectivity index (χ4v) is 4.44. The Morgan fingerprint density at radius 2 is 1.94 bits per heavy atom. The van der Waals surface area contributed by atoms with Gasteiger partial charge in [-0.2, -0.15) is 0 Å². The Morgan fingerprint density at radius 1 is 1.12 bits per heavy atom. The van der Waals surface area contributed by atoms with Crippen molar-refractivity contribution >= 4 is 5.97 Å². The van der Waals surface area contributed by atoms with Gasteiger partial charge in [-0.05, 0) is 37.5 Å². The molecule has 2 saturated carbocycles. The van der Waals surface area contributed by atoms with Gasteiger partial charge in [0.2, 0.25) is 0 Å². The number of cyclic esters (lactones) is 1. The van der Waals surface area contributed by atoms with Gasteiger partial charge in [-0.15, -0.1) is 0 Å². The van der Waals surface area contributed by atoms with Crippen molar-refractivity contribution in [2.45, 2.75) is 52.1 Å². The van der Waals surface area contributed by atoms with Crippen LogP contribution in [0.25, 0.3) is 0 Å². The number of fused-ring (bicyclic) bond motifs is 2. The standard InChI is InChI=1S/C14H22O2/c1-8-4-3-5-10-6-12-9(2)16-14(15)13(12)7-11(8)10/h8-13H,3-7H2,1-2H3. The van der Waals surface area contributed by atoms with E-state index < -0.39 is 0 Å². The van der Waals surface area contributed by atoms with E-state index in [2.05, 4.69) is 13.8 Å². The number of rotatable bonds is 0. The first-order valence-corrected chi connectivity index (χ1v) is 6.87. The molecule has 0 aromatic carbocycles. The molecule has 3 aliphatic rings. The number of carbonyl (C=O) groups excluding carboxylic acids is 1. The van der Waals surface area contributed by atoms with Gasteiger partial charge in [0.1, 0.15) is 6.10 Å². The summed E-state index contributed by atoms with van der Waals surface area (Å²) in [4.78, 5) is 11.8. The summed E-state index contributed by atoms with van der Waals surface area (Å²) in [5, 5.41) is 0. The van der Waals surface area contributed by atoms with Crippen LogP contribution < -0.4 is 0 Å². The Bertz CT molecular complexity index is 299. The zero-order valence-corrected chi connectivity index (χ0v) is 10.3. The molecule has 0 amide bonds. The topological polar surface area (TPSA) is 26.3 Å². The molecule has 0 N–H and O–H groups in total. The zero-order chi connectivity index (χ0) is 11.3. The molecule has 0 bridgehead atoms. The van der Waals surface area contributed by atoms with Gasteiger partial charge in [0.25, 0.3) is 0 Å². The van der Waals surface area contributed by atoms with E-state index in [9.17, 15) is 4.79 Å². The fraction of sp³-hybridized carbons (Fsp3) is 0.929. The minimum Gasteiger partial charge on any atom is -0.462 e. The normalized spacial score (nSPS) is 51.8. The lowest BCUT2D eigenvalue weighted by Crippen LogP contribution is -2.38. The molecule has 0 aromatic rings. The van der Waals surface area contributed by atoms with Gasteiger partial charge < -0.3 is 4.74 Å². The van der Waals surface area contributed by atoms with E-state index in [-0.39, 0.29) is 18.0 Å². The summed E-state index contributed by atoms with van der Waals surface area (Å²) in [7, 11) is 0. The predicted octanol–water partition coefficient (Wildman–Crippen LogP) is 3.01. The first-order valence-electron chi connectivity index (χ1n) is 6.87. The Morgan fingerprint density at radius 3 is 2.75 bits per heavy atom. The number of carbonyl (C=O) groups is 1. The van der Waals surface area contributed by atoms with Crippen molar-refractivity contribution in [3.8, 4) is 0 Å². The minimum atomic E-state index is 0.0914. The van der Waals surface area contributed by atoms with Crippen LogP contribution in [0.1, 0.15) is 46.0 Å². The molecule has 0 aromatic heterocycles. The minimum absolute atomic E-state index is 0.0914. The van der Waals surface area contributed by atoms with Crippen molar-refractivity contribution in [1.82, 2.24) is 0 Å². The van der Waals surface area contributed by atoms with Crippen LogP contribution in [0.3, 0.4) is 0 Å². The van der Waals surface area contributed by atoms with Crippen molar-refractivity contribution in [3.05, 3.63) is 0 Å². The molecule has 1 aliphatic heterocycles. The molecule has 3 fully saturated rings. The van der Waals surface area contributed by atoms with Crippen molar-refractivity contribution in [2.75, 3.05) is 0 Å². The summed E-state index contributed by atoms with van der Waals surface area (Å²) < 4.78 is 5.41. The monoisotopic (exact) mass is 222 g/mol. The highest BCUT2D eigenvalue weighted by Crippen LogP contribution is 2.51. The third-order valence-corrected chi connectivity index (χ3v) is 5.40. The number of esters is 1. The van der Waals surface area contributed by atoms with Crippen molar-refractivity contribution in [3.63, 3.8) is 0 Å². The maximum absolute atomic E-state index is 11.8. The van der Waals surface area contributed by atoms with Crippen molar-refractivity contribution < 1.29 is 9.53 Å². The first kappa shape index (κ1) is 10.6. The predicted molar refractivity (Wildman–Crippen MR) is 61.8 cm³/mol. The molecule has 16 heavy (non-hydrogen) atoms. The van der Waals surface area contributed by atoms with E-state index in [0.29, 0.717) is 5.92 Å². The van der Waals surface area contributed by atoms with Crippen LogP contribution in [0.4, 0.5) is 0 Å². The van der Waals surface area contributed by atoms with E-state index in [1.807, 2.05) is 0 Å². The maximum atomic E-state index is 11.8. The second-order valence-corrected chi connectivity index (χ2v) is 6.22. The average Bonchev–Trinajstić information content (AvgIpc) is 2.53. The Hall–Kier alpha value is -0.530. The van der Waals surface area contributed by atoms with Crippen LogP contribution >= 0.6 is 0 Å². The van der Waals surface area contributed by atoms with Gasteiger partial charge in [-0.25, -0.2) is 0 Å². The quantitative estimate of drug-likeness (QED) is 0.589. The third kappa shape index (κ3) is 1.49. The zero-order valence-electron chi connectivity index (χ0n) is 10.3. The molecule has 2 heteroatoms. The molecular weight excluding hydrogens is 200 g/mol. The molecule has 2 aliphatic carbocycles. The molecule has 0 radical (unpaired) electrons. The van der Waals surface area contributed by atoms with Gasteiger partial charge in [0, 0.05) is 5.92 Å². The van der Waals surface area contributed by atoms with Crippen LogP contribution in [0.15, 0.2) is 0 Å². The smallest absolute Gasteiger partial charge is 0.309 e. The summed E-state index contributed by atoms with van der Waals surface area (Å²) in [5.41, 5.74) is 0. The average molecular weight is 222 g/mol. The SMILES string of the molecule is CC1CCCC2CC3C(C)OC(=O)C3CC12. The lowest BCUT2D eigenvalue weighted by molar-refractivity contribution is -0.144. The van der Waals surface area contributed by atoms with Crippen LogP contribution in [-0.2, 0) is 9.53 Å². The van der Waals surface area contributed by atoms with Gasteiger partial charge in [0.05, 0.1) is 5.92 Å². The highest BCUT2D eigenvalue weighted by atomic mass is 16.6. The van der Waals surface area contributed by atoms with E-state index >= 15 is 0 Å². The summed E-state index contributed by atoms with van der Waals surface area (Å²) in [6, 6.07) is 0. The molecule has 6 atom stereocenters. The third-order valence-electron chi connectivity index (χ3n) is 5.40. The molecule has 3 rings (SSSR count). The molecule has 6 unspecified atom stereocenters. The van der Waals surface area contributed by atoms with E-state index in [1.54, 1.807) is 0 Å². The molecule has 2 nitrogen and oxygen atoms in total. The summed E-state index contributed by atoms with van der Waals surface area (Å²) >= 11 is 0. The van der Waals surface area contributed by atoms with E-state index in [4.69, 9.17) is 4.74 Å². The Labute approximate surface area is 97.7 Å². The second-order valence-electron chi connectivity index (χ2n) is 6.22. The van der Waals surface area contributed by atoms with Crippen LogP contribution in [0.2, 0.25) is 0 Å². The fourth-order valence-electron chi connectivity index (χ4n) is 4.44. The van der Waals surface area contributed by atoms with E-state index in [1.165, 1.54) is 25.7 Å². The van der Waals surface area contributed by atoms with Crippen LogP contribution in [0, 0.1) is 29.6 Å². The van der Waals surface area contributed by atoms with Crippen molar-refractivity contribution in [1.29, 1.82) is 0 Å². The number of ether oxygens (including phenoxy) is 1. The number of hydrogen-bond acceptors (Lipinski definition) is 2. The molecule has 1 saturated heterocycles. The number of hydrogen-bond donors (Lipinski definition) is 0. The van der Waals surface area contributed by atoms with Crippen LogP contribution in [0.5, 0.6) is 0 Å². The highest BCUT2D eigenvalue weighted by Gasteiger charge is 2.50. The summed E-state index contributed by atoms with van der Waals surface area (Å²) in [6.45, 7) is 4.45. The second kappa shape index (κ2) is 3.75. The summed E-state index contributed by atoms with van der Waals surface area (Å²) in [6.07, 6.45) is 6.67. The first-order chi connectivity index (χ1) is 7.66. The molecule has 1 heterocycles. The molecule has 0 spiro atoms. The lowest BCUT2D eigenvalue weighted by atomic mass is 9.60. The molecule has 90 valence electrons. The Balaban J connectivity index is 1.80. The van der Waals surface area contributed by atoms with Gasteiger partial charge >= 0.3 is 5.97 Å². The van der Waals surface area contributed by atoms with Gasteiger partial charge in [0.15, 0.2) is 0 Å². The van der Waals surface area contributed by atoms with Crippen LogP contribution in [-0.4, -0.2) is 12.1 Å². The van der Waals surface area contributed by atoms with E-state index in [0.717, 1.165) is 24.2 Å². The van der Waals surface area contributed by atoms with Gasteiger partial charge in [-0.1, -0.05) is 26.2 Å².